The van der Waals surface area contributed by atoms with E-state index in [1.807, 2.05) is 11.3 Å². The smallest absolute Gasteiger partial charge is 0.0558 e. The van der Waals surface area contributed by atoms with Crippen molar-refractivity contribution in [1.29, 1.82) is 0 Å². The molecule has 2 nitrogen and oxygen atoms in total. The van der Waals surface area contributed by atoms with Crippen molar-refractivity contribution in [1.82, 2.24) is 4.90 Å². The van der Waals surface area contributed by atoms with E-state index in [9.17, 15) is 0 Å². The SMILES string of the molecule is CN(CCO)CCCCCc1ccc2sccc2c1. The molecule has 104 valence electrons. The van der Waals surface area contributed by atoms with Crippen LogP contribution in [0, 0.1) is 0 Å². The molecule has 0 aliphatic rings. The van der Waals surface area contributed by atoms with Crippen molar-refractivity contribution in [2.24, 2.45) is 0 Å². The van der Waals surface area contributed by atoms with Gasteiger partial charge in [0.05, 0.1) is 6.61 Å². The number of rotatable bonds is 8. The van der Waals surface area contributed by atoms with Gasteiger partial charge >= 0.3 is 0 Å². The van der Waals surface area contributed by atoms with Crippen LogP contribution in [0.3, 0.4) is 0 Å². The average Bonchev–Trinajstić information content (AvgIpc) is 2.86. The summed E-state index contributed by atoms with van der Waals surface area (Å²) in [6, 6.07) is 9.03. The largest absolute Gasteiger partial charge is 0.395 e. The first kappa shape index (κ1) is 14.5. The summed E-state index contributed by atoms with van der Waals surface area (Å²) in [5, 5.41) is 12.4. The van der Waals surface area contributed by atoms with Crippen molar-refractivity contribution in [3.05, 3.63) is 35.2 Å². The lowest BCUT2D eigenvalue weighted by molar-refractivity contribution is 0.219. The van der Waals surface area contributed by atoms with Crippen molar-refractivity contribution in [3.8, 4) is 0 Å². The summed E-state index contributed by atoms with van der Waals surface area (Å²) >= 11 is 1.81. The Hall–Kier alpha value is -0.900. The van der Waals surface area contributed by atoms with Crippen LogP contribution < -0.4 is 0 Å². The Bertz CT molecular complexity index is 494. The van der Waals surface area contributed by atoms with Crippen LogP contribution in [0.4, 0.5) is 0 Å². The van der Waals surface area contributed by atoms with Crippen LogP contribution in [-0.2, 0) is 6.42 Å². The lowest BCUT2D eigenvalue weighted by Gasteiger charge is -2.14. The van der Waals surface area contributed by atoms with Gasteiger partial charge < -0.3 is 10.0 Å². The zero-order valence-electron chi connectivity index (χ0n) is 11.6. The molecule has 0 amide bonds. The van der Waals surface area contributed by atoms with E-state index in [1.54, 1.807) is 0 Å². The molecule has 0 unspecified atom stereocenters. The number of aliphatic hydroxyl groups is 1. The number of fused-ring (bicyclic) bond motifs is 1. The van der Waals surface area contributed by atoms with Crippen LogP contribution in [-0.4, -0.2) is 36.8 Å². The maximum atomic E-state index is 8.82. The maximum Gasteiger partial charge on any atom is 0.0558 e. The third-order valence-electron chi connectivity index (χ3n) is 3.50. The Morgan fingerprint density at radius 2 is 2.00 bits per heavy atom. The highest BCUT2D eigenvalue weighted by molar-refractivity contribution is 7.17. The van der Waals surface area contributed by atoms with E-state index < -0.39 is 0 Å². The van der Waals surface area contributed by atoms with Crippen molar-refractivity contribution in [2.45, 2.75) is 25.7 Å². The van der Waals surface area contributed by atoms with E-state index in [2.05, 4.69) is 41.6 Å². The third-order valence-corrected chi connectivity index (χ3v) is 4.40. The molecule has 0 saturated carbocycles. The van der Waals surface area contributed by atoms with E-state index in [4.69, 9.17) is 5.11 Å². The molecule has 0 spiro atoms. The minimum Gasteiger partial charge on any atom is -0.395 e. The van der Waals surface area contributed by atoms with Crippen LogP contribution >= 0.6 is 11.3 Å². The fraction of sp³-hybridized carbons (Fsp3) is 0.500. The van der Waals surface area contributed by atoms with E-state index in [1.165, 1.54) is 41.3 Å². The van der Waals surface area contributed by atoms with Crippen molar-refractivity contribution < 1.29 is 5.11 Å². The first-order chi connectivity index (χ1) is 9.29. The molecule has 1 N–H and O–H groups in total. The van der Waals surface area contributed by atoms with Crippen LogP contribution in [0.25, 0.3) is 10.1 Å². The minimum atomic E-state index is 0.261. The van der Waals surface area contributed by atoms with Crippen molar-refractivity contribution >= 4 is 21.4 Å². The number of nitrogens with zero attached hydrogens (tertiary/aromatic N) is 1. The second-order valence-electron chi connectivity index (χ2n) is 5.13. The van der Waals surface area contributed by atoms with E-state index in [0.717, 1.165) is 13.1 Å². The number of hydrogen-bond donors (Lipinski definition) is 1. The highest BCUT2D eigenvalue weighted by atomic mass is 32.1. The molecular formula is C16H23NOS. The molecular weight excluding hydrogens is 254 g/mol. The number of thiophene rings is 1. The molecule has 2 aromatic rings. The molecule has 1 aromatic carbocycles. The number of hydrogen-bond acceptors (Lipinski definition) is 3. The Kier molecular flexibility index (Phi) is 5.83. The lowest BCUT2D eigenvalue weighted by Crippen LogP contribution is -2.23. The zero-order chi connectivity index (χ0) is 13.5. The minimum absolute atomic E-state index is 0.261. The highest BCUT2D eigenvalue weighted by Crippen LogP contribution is 2.22. The topological polar surface area (TPSA) is 23.5 Å². The second kappa shape index (κ2) is 7.63. The molecule has 0 bridgehead atoms. The molecule has 0 fully saturated rings. The van der Waals surface area contributed by atoms with Gasteiger partial charge in [0.1, 0.15) is 0 Å². The molecule has 0 atom stereocenters. The molecule has 3 heteroatoms. The van der Waals surface area contributed by atoms with Gasteiger partial charge in [-0.15, -0.1) is 11.3 Å². The summed E-state index contributed by atoms with van der Waals surface area (Å²) in [6.45, 7) is 2.14. The van der Waals surface area contributed by atoms with Crippen molar-refractivity contribution in [3.63, 3.8) is 0 Å². The fourth-order valence-electron chi connectivity index (χ4n) is 2.34. The van der Waals surface area contributed by atoms with E-state index in [0.29, 0.717) is 0 Å². The quantitative estimate of drug-likeness (QED) is 0.746. The highest BCUT2D eigenvalue weighted by Gasteiger charge is 1.99. The van der Waals surface area contributed by atoms with Gasteiger partial charge in [-0.25, -0.2) is 0 Å². The zero-order valence-corrected chi connectivity index (χ0v) is 12.5. The summed E-state index contributed by atoms with van der Waals surface area (Å²) in [5.41, 5.74) is 1.45. The third kappa shape index (κ3) is 4.60. The molecule has 19 heavy (non-hydrogen) atoms. The lowest BCUT2D eigenvalue weighted by atomic mass is 10.1. The monoisotopic (exact) mass is 277 g/mol. The van der Waals surface area contributed by atoms with Crippen LogP contribution in [0.2, 0.25) is 0 Å². The summed E-state index contributed by atoms with van der Waals surface area (Å²) in [4.78, 5) is 2.19. The Morgan fingerprint density at radius 3 is 2.84 bits per heavy atom. The Balaban J connectivity index is 1.68. The van der Waals surface area contributed by atoms with Crippen molar-refractivity contribution in [2.75, 3.05) is 26.7 Å². The number of likely N-dealkylation sites (N-methyl/N-ethyl adjacent to an activating group) is 1. The summed E-state index contributed by atoms with van der Waals surface area (Å²) in [6.07, 6.45) is 4.91. The number of unbranched alkanes of at least 4 members (excludes halogenated alkanes) is 2. The van der Waals surface area contributed by atoms with E-state index >= 15 is 0 Å². The van der Waals surface area contributed by atoms with Crippen LogP contribution in [0.15, 0.2) is 29.6 Å². The number of aliphatic hydroxyl groups excluding tert-OH is 1. The average molecular weight is 277 g/mol. The second-order valence-corrected chi connectivity index (χ2v) is 6.08. The summed E-state index contributed by atoms with van der Waals surface area (Å²) in [5.74, 6) is 0. The number of aryl methyl sites for hydroxylation is 1. The fourth-order valence-corrected chi connectivity index (χ4v) is 3.11. The predicted octanol–water partition coefficient (Wildman–Crippen LogP) is 3.54. The van der Waals surface area contributed by atoms with E-state index in [-0.39, 0.29) is 6.61 Å². The number of benzene rings is 1. The molecule has 1 aromatic heterocycles. The van der Waals surface area contributed by atoms with Gasteiger partial charge in [0, 0.05) is 11.2 Å². The van der Waals surface area contributed by atoms with Gasteiger partial charge in [-0.1, -0.05) is 18.6 Å². The molecule has 0 aliphatic heterocycles. The molecule has 1 heterocycles. The Morgan fingerprint density at radius 1 is 1.11 bits per heavy atom. The van der Waals surface area contributed by atoms with Gasteiger partial charge in [-0.05, 0) is 61.3 Å². The Labute approximate surface area is 119 Å². The first-order valence-electron chi connectivity index (χ1n) is 7.05. The van der Waals surface area contributed by atoms with Gasteiger partial charge in [-0.2, -0.15) is 0 Å². The van der Waals surface area contributed by atoms with Gasteiger partial charge in [0.15, 0.2) is 0 Å². The normalized spacial score (nSPS) is 11.5. The van der Waals surface area contributed by atoms with Gasteiger partial charge in [0.25, 0.3) is 0 Å². The molecule has 2 rings (SSSR count). The van der Waals surface area contributed by atoms with Gasteiger partial charge in [0.2, 0.25) is 0 Å². The van der Waals surface area contributed by atoms with Crippen LogP contribution in [0.5, 0.6) is 0 Å². The maximum absolute atomic E-state index is 8.82. The first-order valence-corrected chi connectivity index (χ1v) is 7.93. The predicted molar refractivity (Wildman–Crippen MR) is 84.0 cm³/mol. The molecule has 0 aliphatic carbocycles. The summed E-state index contributed by atoms with van der Waals surface area (Å²) < 4.78 is 1.38. The summed E-state index contributed by atoms with van der Waals surface area (Å²) in [7, 11) is 2.07. The molecule has 0 radical (unpaired) electrons. The van der Waals surface area contributed by atoms with Gasteiger partial charge in [-0.3, -0.25) is 0 Å². The molecule has 0 saturated heterocycles. The standard InChI is InChI=1S/C16H23NOS/c1-17(10-11-18)9-4-2-3-5-14-6-7-16-15(13-14)8-12-19-16/h6-8,12-13,18H,2-5,9-11H2,1H3. The van der Waals surface area contributed by atoms with Crippen LogP contribution in [0.1, 0.15) is 24.8 Å².